The molecule has 2 nitrogen and oxygen atoms in total. The van der Waals surface area contributed by atoms with Crippen molar-refractivity contribution in [2.75, 3.05) is 20.6 Å². The number of hydrogen-bond donors (Lipinski definition) is 1. The predicted octanol–water partition coefficient (Wildman–Crippen LogP) is 5.19. The molecule has 0 saturated carbocycles. The maximum Gasteiger partial charge on any atom is 0.128 e. The van der Waals surface area contributed by atoms with E-state index >= 15 is 0 Å². The molecular weight excluding hydrogens is 368 g/mol. The highest BCUT2D eigenvalue weighted by Gasteiger charge is 2.37. The Kier molecular flexibility index (Phi) is 7.15. The van der Waals surface area contributed by atoms with Gasteiger partial charge in [-0.1, -0.05) is 42.8 Å². The molecule has 146 valence electrons. The van der Waals surface area contributed by atoms with Crippen LogP contribution in [0.25, 0.3) is 6.08 Å². The van der Waals surface area contributed by atoms with Crippen molar-refractivity contribution in [2.45, 2.75) is 25.9 Å². The summed E-state index contributed by atoms with van der Waals surface area (Å²) in [5, 5.41) is 11.9. The standard InChI is InChI=1S/C22H26ClF2NO/c1-15(12-17-8-10-18(24)11-9-17)22(27,16(2)14-26(3)4)13-19-20(23)6-5-7-21(19)25/h5-12,16,27H,13-14H2,1-4H3/b15-12+. The highest BCUT2D eigenvalue weighted by molar-refractivity contribution is 6.31. The van der Waals surface area contributed by atoms with Gasteiger partial charge in [-0.3, -0.25) is 0 Å². The summed E-state index contributed by atoms with van der Waals surface area (Å²) in [7, 11) is 3.85. The number of halogens is 3. The van der Waals surface area contributed by atoms with Gasteiger partial charge in [-0.05, 0) is 56.4 Å². The van der Waals surface area contributed by atoms with Crippen LogP contribution in [-0.4, -0.2) is 36.2 Å². The lowest BCUT2D eigenvalue weighted by molar-refractivity contribution is 0.0143. The van der Waals surface area contributed by atoms with Gasteiger partial charge < -0.3 is 10.0 Å². The molecule has 0 aliphatic carbocycles. The largest absolute Gasteiger partial charge is 0.385 e. The third-order valence-electron chi connectivity index (χ3n) is 4.90. The second kappa shape index (κ2) is 8.96. The summed E-state index contributed by atoms with van der Waals surface area (Å²) in [6.07, 6.45) is 1.86. The predicted molar refractivity (Wildman–Crippen MR) is 108 cm³/mol. The number of rotatable bonds is 7. The van der Waals surface area contributed by atoms with Crippen LogP contribution >= 0.6 is 11.6 Å². The summed E-state index contributed by atoms with van der Waals surface area (Å²) >= 11 is 6.21. The Morgan fingerprint density at radius 2 is 1.81 bits per heavy atom. The van der Waals surface area contributed by atoms with Gasteiger partial charge in [-0.2, -0.15) is 0 Å². The van der Waals surface area contributed by atoms with Crippen LogP contribution < -0.4 is 0 Å². The van der Waals surface area contributed by atoms with Gasteiger partial charge in [-0.25, -0.2) is 8.78 Å². The SMILES string of the molecule is C/C(=C\c1ccc(F)cc1)C(O)(Cc1c(F)cccc1Cl)C(C)CN(C)C. The topological polar surface area (TPSA) is 23.5 Å². The van der Waals surface area contributed by atoms with Crippen molar-refractivity contribution in [1.82, 2.24) is 4.90 Å². The minimum atomic E-state index is -1.31. The number of nitrogens with zero attached hydrogens (tertiary/aromatic N) is 1. The van der Waals surface area contributed by atoms with Crippen LogP contribution in [0, 0.1) is 17.6 Å². The fourth-order valence-corrected chi connectivity index (χ4v) is 3.54. The summed E-state index contributed by atoms with van der Waals surface area (Å²) in [5.74, 6) is -0.952. The minimum absolute atomic E-state index is 0.0526. The molecule has 0 aliphatic heterocycles. The Bertz CT molecular complexity index is 784. The molecule has 0 aromatic heterocycles. The Labute approximate surface area is 165 Å². The summed E-state index contributed by atoms with van der Waals surface area (Å²) in [5.41, 5.74) is 0.413. The third kappa shape index (κ3) is 5.38. The van der Waals surface area contributed by atoms with E-state index in [0.717, 1.165) is 5.56 Å². The molecule has 0 aliphatic rings. The molecule has 1 N–H and O–H groups in total. The van der Waals surface area contributed by atoms with Gasteiger partial charge in [0.1, 0.15) is 11.6 Å². The molecule has 0 spiro atoms. The summed E-state index contributed by atoms with van der Waals surface area (Å²) in [6, 6.07) is 10.5. The zero-order chi connectivity index (χ0) is 20.2. The highest BCUT2D eigenvalue weighted by atomic mass is 35.5. The monoisotopic (exact) mass is 393 g/mol. The van der Waals surface area contributed by atoms with Crippen molar-refractivity contribution in [1.29, 1.82) is 0 Å². The summed E-state index contributed by atoms with van der Waals surface area (Å²) in [6.45, 7) is 4.35. The van der Waals surface area contributed by atoms with Crippen molar-refractivity contribution in [3.05, 3.63) is 75.8 Å². The molecule has 0 saturated heterocycles. The lowest BCUT2D eigenvalue weighted by atomic mass is 9.77. The Balaban J connectivity index is 2.47. The minimum Gasteiger partial charge on any atom is -0.385 e. The van der Waals surface area contributed by atoms with Gasteiger partial charge in [0, 0.05) is 29.5 Å². The quantitative estimate of drug-likeness (QED) is 0.699. The summed E-state index contributed by atoms with van der Waals surface area (Å²) < 4.78 is 27.5. The first-order chi connectivity index (χ1) is 12.6. The molecule has 5 heteroatoms. The Morgan fingerprint density at radius 3 is 2.37 bits per heavy atom. The molecule has 0 amide bonds. The van der Waals surface area contributed by atoms with Crippen LogP contribution in [0.4, 0.5) is 8.78 Å². The van der Waals surface area contributed by atoms with E-state index in [1.54, 1.807) is 30.3 Å². The Hall–Kier alpha value is -1.75. The van der Waals surface area contributed by atoms with E-state index in [9.17, 15) is 13.9 Å². The first-order valence-electron chi connectivity index (χ1n) is 8.88. The number of aliphatic hydroxyl groups is 1. The second-order valence-electron chi connectivity index (χ2n) is 7.34. The van der Waals surface area contributed by atoms with Crippen LogP contribution in [0.5, 0.6) is 0 Å². The molecule has 2 rings (SSSR count). The molecule has 27 heavy (non-hydrogen) atoms. The van der Waals surface area contributed by atoms with E-state index in [0.29, 0.717) is 22.7 Å². The molecule has 0 bridgehead atoms. The fourth-order valence-electron chi connectivity index (χ4n) is 3.31. The van der Waals surface area contributed by atoms with Gasteiger partial charge in [0.15, 0.2) is 0 Å². The van der Waals surface area contributed by atoms with E-state index in [1.165, 1.54) is 18.2 Å². The van der Waals surface area contributed by atoms with E-state index in [2.05, 4.69) is 0 Å². The number of hydrogen-bond acceptors (Lipinski definition) is 2. The number of benzene rings is 2. The van der Waals surface area contributed by atoms with Crippen molar-refractivity contribution >= 4 is 17.7 Å². The molecule has 0 fully saturated rings. The van der Waals surface area contributed by atoms with Crippen LogP contribution in [0.1, 0.15) is 25.0 Å². The maximum absolute atomic E-state index is 14.4. The molecule has 0 heterocycles. The van der Waals surface area contributed by atoms with E-state index in [4.69, 9.17) is 11.6 Å². The van der Waals surface area contributed by atoms with E-state index in [1.807, 2.05) is 32.8 Å². The normalized spacial score (nSPS) is 15.7. The van der Waals surface area contributed by atoms with Gasteiger partial charge in [0.05, 0.1) is 5.60 Å². The van der Waals surface area contributed by atoms with Crippen molar-refractivity contribution in [3.8, 4) is 0 Å². The molecule has 2 aromatic rings. The Morgan fingerprint density at radius 1 is 1.19 bits per heavy atom. The average molecular weight is 394 g/mol. The van der Waals surface area contributed by atoms with Gasteiger partial charge in [0.25, 0.3) is 0 Å². The van der Waals surface area contributed by atoms with Crippen LogP contribution in [0.2, 0.25) is 5.02 Å². The zero-order valence-corrected chi connectivity index (χ0v) is 16.9. The van der Waals surface area contributed by atoms with Gasteiger partial charge >= 0.3 is 0 Å². The molecule has 2 aromatic carbocycles. The lowest BCUT2D eigenvalue weighted by Gasteiger charge is -2.37. The molecular formula is C22H26ClF2NO. The van der Waals surface area contributed by atoms with E-state index < -0.39 is 11.4 Å². The first kappa shape index (κ1) is 21.5. The van der Waals surface area contributed by atoms with Crippen LogP contribution in [-0.2, 0) is 6.42 Å². The lowest BCUT2D eigenvalue weighted by Crippen LogP contribution is -2.44. The molecule has 2 atom stereocenters. The van der Waals surface area contributed by atoms with Crippen LogP contribution in [0.15, 0.2) is 48.0 Å². The first-order valence-corrected chi connectivity index (χ1v) is 9.25. The smallest absolute Gasteiger partial charge is 0.128 e. The fraction of sp³-hybridized carbons (Fsp3) is 0.364. The second-order valence-corrected chi connectivity index (χ2v) is 7.75. The molecule has 0 radical (unpaired) electrons. The van der Waals surface area contributed by atoms with Crippen molar-refractivity contribution in [2.24, 2.45) is 5.92 Å². The summed E-state index contributed by atoms with van der Waals surface area (Å²) in [4.78, 5) is 1.98. The maximum atomic E-state index is 14.4. The van der Waals surface area contributed by atoms with E-state index in [-0.39, 0.29) is 18.2 Å². The van der Waals surface area contributed by atoms with Crippen LogP contribution in [0.3, 0.4) is 0 Å². The highest BCUT2D eigenvalue weighted by Crippen LogP contribution is 2.35. The van der Waals surface area contributed by atoms with Crippen molar-refractivity contribution < 1.29 is 13.9 Å². The third-order valence-corrected chi connectivity index (χ3v) is 5.25. The van der Waals surface area contributed by atoms with Crippen molar-refractivity contribution in [3.63, 3.8) is 0 Å². The van der Waals surface area contributed by atoms with Gasteiger partial charge in [0.2, 0.25) is 0 Å². The zero-order valence-electron chi connectivity index (χ0n) is 16.1. The average Bonchev–Trinajstić information content (AvgIpc) is 2.59. The molecule has 2 unspecified atom stereocenters. The van der Waals surface area contributed by atoms with Gasteiger partial charge in [-0.15, -0.1) is 0 Å².